The molecule has 0 aliphatic rings. The van der Waals surface area contributed by atoms with Crippen LogP contribution >= 0.6 is 20.8 Å². The normalized spacial score (nSPS) is 11.1. The lowest BCUT2D eigenvalue weighted by molar-refractivity contribution is 0.183. The molecule has 5 heteroatoms. The predicted octanol–water partition coefficient (Wildman–Crippen LogP) is 5.14. The second-order valence-electron chi connectivity index (χ2n) is 4.92. The first-order chi connectivity index (χ1) is 10.7. The molecule has 2 aromatic carbocycles. The molecule has 0 heterocycles. The van der Waals surface area contributed by atoms with E-state index in [2.05, 4.69) is 18.4 Å². The van der Waals surface area contributed by atoms with Gasteiger partial charge in [-0.15, -0.1) is 11.8 Å². The van der Waals surface area contributed by atoms with Gasteiger partial charge in [-0.25, -0.2) is 0 Å². The van der Waals surface area contributed by atoms with Crippen LogP contribution in [-0.2, 0) is 11.3 Å². The first kappa shape index (κ1) is 17.1. The number of thioether (sulfide) groups is 1. The van der Waals surface area contributed by atoms with Crippen LogP contribution in [0.3, 0.4) is 0 Å². The summed E-state index contributed by atoms with van der Waals surface area (Å²) in [6, 6.07) is 12.2. The summed E-state index contributed by atoms with van der Waals surface area (Å²) < 4.78 is 16.9. The Bertz CT molecular complexity index is 631. The molecule has 0 spiro atoms. The third kappa shape index (κ3) is 4.39. The Labute approximate surface area is 138 Å². The molecule has 3 nitrogen and oxygen atoms in total. The van der Waals surface area contributed by atoms with Crippen molar-refractivity contribution in [3.05, 3.63) is 53.1 Å². The maximum atomic E-state index is 5.90. The molecule has 0 fully saturated rings. The van der Waals surface area contributed by atoms with Crippen LogP contribution in [0.4, 0.5) is 0 Å². The molecule has 0 radical (unpaired) electrons. The fourth-order valence-electron chi connectivity index (χ4n) is 2.12. The van der Waals surface area contributed by atoms with Crippen LogP contribution in [0.1, 0.15) is 16.7 Å². The minimum atomic E-state index is -0.0842. The van der Waals surface area contributed by atoms with Gasteiger partial charge in [-0.1, -0.05) is 18.2 Å². The van der Waals surface area contributed by atoms with E-state index >= 15 is 0 Å². The minimum Gasteiger partial charge on any atom is -0.440 e. The molecule has 0 aliphatic carbocycles. The topological polar surface area (TPSA) is 27.7 Å². The van der Waals surface area contributed by atoms with E-state index in [0.29, 0.717) is 6.61 Å². The molecular weight excluding hydrogens is 315 g/mol. The molecule has 1 atom stereocenters. The Hall–Kier alpha value is -1.22. The Balaban J connectivity index is 2.10. The van der Waals surface area contributed by atoms with Crippen LogP contribution in [-0.4, -0.2) is 13.4 Å². The highest BCUT2D eigenvalue weighted by molar-refractivity contribution is 7.98. The largest absolute Gasteiger partial charge is 0.440 e. The van der Waals surface area contributed by atoms with E-state index < -0.39 is 0 Å². The summed E-state index contributed by atoms with van der Waals surface area (Å²) in [4.78, 5) is 1.21. The van der Waals surface area contributed by atoms with Crippen molar-refractivity contribution in [2.75, 3.05) is 13.4 Å². The smallest absolute Gasteiger partial charge is 0.275 e. The van der Waals surface area contributed by atoms with Crippen LogP contribution < -0.4 is 9.05 Å². The molecule has 0 aromatic heterocycles. The Morgan fingerprint density at radius 1 is 1.05 bits per heavy atom. The zero-order valence-electron chi connectivity index (χ0n) is 13.3. The Kier molecular flexibility index (Phi) is 6.56. The summed E-state index contributed by atoms with van der Waals surface area (Å²) >= 11 is 1.71. The van der Waals surface area contributed by atoms with Gasteiger partial charge in [0.25, 0.3) is 9.03 Å². The molecule has 1 unspecified atom stereocenters. The minimum absolute atomic E-state index is 0.0842. The van der Waals surface area contributed by atoms with Gasteiger partial charge in [-0.05, 0) is 49.4 Å². The zero-order chi connectivity index (χ0) is 15.9. The summed E-state index contributed by atoms with van der Waals surface area (Å²) in [5, 5.41) is 0. The first-order valence-corrected chi connectivity index (χ1v) is 9.00. The van der Waals surface area contributed by atoms with Gasteiger partial charge < -0.3 is 13.8 Å². The molecule has 0 bridgehead atoms. The van der Waals surface area contributed by atoms with Gasteiger partial charge in [0, 0.05) is 17.6 Å². The average Bonchev–Trinajstić information content (AvgIpc) is 2.51. The predicted molar refractivity (Wildman–Crippen MR) is 94.4 cm³/mol. The van der Waals surface area contributed by atoms with Gasteiger partial charge in [-0.3, -0.25) is 0 Å². The molecule has 0 amide bonds. The second-order valence-corrected chi connectivity index (χ2v) is 6.37. The number of ether oxygens (including phenoxy) is 1. The maximum absolute atomic E-state index is 5.90. The second kappa shape index (κ2) is 8.42. The summed E-state index contributed by atoms with van der Waals surface area (Å²) in [6.07, 6.45) is 2.06. The van der Waals surface area contributed by atoms with Crippen molar-refractivity contribution in [1.29, 1.82) is 0 Å². The lowest BCUT2D eigenvalue weighted by Gasteiger charge is -2.15. The number of rotatable bonds is 7. The van der Waals surface area contributed by atoms with Crippen molar-refractivity contribution in [3.8, 4) is 11.5 Å². The standard InChI is InChI=1S/C17H21O3PS/c1-12-7-5-6-8-16(12)19-21-20-17-13(2)9-15(22-4)10-14(17)11-18-3/h5-10,21H,11H2,1-4H3. The molecule has 0 N–H and O–H groups in total. The van der Waals surface area contributed by atoms with Crippen molar-refractivity contribution in [2.45, 2.75) is 25.3 Å². The maximum Gasteiger partial charge on any atom is 0.275 e. The number of benzene rings is 2. The van der Waals surface area contributed by atoms with Gasteiger partial charge in [-0.2, -0.15) is 0 Å². The van der Waals surface area contributed by atoms with Gasteiger partial charge in [0.15, 0.2) is 0 Å². The summed E-state index contributed by atoms with van der Waals surface area (Å²) in [6.45, 7) is 4.60. The van der Waals surface area contributed by atoms with Gasteiger partial charge >= 0.3 is 0 Å². The highest BCUT2D eigenvalue weighted by Crippen LogP contribution is 2.34. The van der Waals surface area contributed by atoms with Crippen molar-refractivity contribution < 1.29 is 13.8 Å². The van der Waals surface area contributed by atoms with Crippen molar-refractivity contribution in [3.63, 3.8) is 0 Å². The molecule has 2 rings (SSSR count). The van der Waals surface area contributed by atoms with Crippen LogP contribution in [0, 0.1) is 13.8 Å². The SMILES string of the molecule is COCc1cc(SC)cc(C)c1OPOc1ccccc1C. The average molecular weight is 336 g/mol. The van der Waals surface area contributed by atoms with Crippen LogP contribution in [0.15, 0.2) is 41.3 Å². The summed E-state index contributed by atoms with van der Waals surface area (Å²) in [5.74, 6) is 1.71. The van der Waals surface area contributed by atoms with E-state index in [1.54, 1.807) is 18.9 Å². The molecule has 118 valence electrons. The summed E-state index contributed by atoms with van der Waals surface area (Å²) in [7, 11) is 1.61. The van der Waals surface area contributed by atoms with Crippen LogP contribution in [0.25, 0.3) is 0 Å². The fourth-order valence-corrected chi connectivity index (χ4v) is 3.41. The highest BCUT2D eigenvalue weighted by atomic mass is 32.2. The van der Waals surface area contributed by atoms with Crippen molar-refractivity contribution in [2.24, 2.45) is 0 Å². The zero-order valence-corrected chi connectivity index (χ0v) is 15.1. The highest BCUT2D eigenvalue weighted by Gasteiger charge is 2.11. The number of aryl methyl sites for hydroxylation is 2. The van der Waals surface area contributed by atoms with Crippen molar-refractivity contribution in [1.82, 2.24) is 0 Å². The van der Waals surface area contributed by atoms with Crippen LogP contribution in [0.5, 0.6) is 11.5 Å². The number of methoxy groups -OCH3 is 1. The monoisotopic (exact) mass is 336 g/mol. The molecule has 0 aliphatic heterocycles. The van der Waals surface area contributed by atoms with E-state index in [1.807, 2.05) is 38.1 Å². The number of para-hydroxylation sites is 1. The molecule has 22 heavy (non-hydrogen) atoms. The number of hydrogen-bond donors (Lipinski definition) is 0. The van der Waals surface area contributed by atoms with Gasteiger partial charge in [0.2, 0.25) is 0 Å². The van der Waals surface area contributed by atoms with Crippen molar-refractivity contribution >= 4 is 20.8 Å². The molecule has 2 aromatic rings. The molecule has 0 saturated heterocycles. The lowest BCUT2D eigenvalue weighted by Crippen LogP contribution is -1.97. The third-order valence-electron chi connectivity index (χ3n) is 3.25. The fraction of sp³-hybridized carbons (Fsp3) is 0.294. The van der Waals surface area contributed by atoms with E-state index in [1.165, 1.54) is 4.90 Å². The third-order valence-corrected chi connectivity index (χ3v) is 4.55. The lowest BCUT2D eigenvalue weighted by atomic mass is 10.1. The van der Waals surface area contributed by atoms with Gasteiger partial charge in [0.05, 0.1) is 6.61 Å². The van der Waals surface area contributed by atoms with Gasteiger partial charge in [0.1, 0.15) is 11.5 Å². The Morgan fingerprint density at radius 2 is 1.82 bits per heavy atom. The van der Waals surface area contributed by atoms with E-state index in [0.717, 1.165) is 28.2 Å². The molecular formula is C17H21O3PS. The van der Waals surface area contributed by atoms with Crippen LogP contribution in [0.2, 0.25) is 0 Å². The Morgan fingerprint density at radius 3 is 2.50 bits per heavy atom. The first-order valence-electron chi connectivity index (χ1n) is 6.96. The van der Waals surface area contributed by atoms with E-state index in [9.17, 15) is 0 Å². The summed E-state index contributed by atoms with van der Waals surface area (Å²) in [5.41, 5.74) is 3.25. The van der Waals surface area contributed by atoms with E-state index in [4.69, 9.17) is 13.8 Å². The quantitative estimate of drug-likeness (QED) is 0.517. The number of hydrogen-bond acceptors (Lipinski definition) is 4. The van der Waals surface area contributed by atoms with E-state index in [-0.39, 0.29) is 9.03 Å². The molecule has 0 saturated carbocycles.